The first-order valence-electron chi connectivity index (χ1n) is 8.95. The third-order valence-corrected chi connectivity index (χ3v) is 5.56. The fraction of sp³-hybridized carbons (Fsp3) is 0.136. The molecule has 3 aromatic rings. The number of ether oxygens (including phenoxy) is 1. The Morgan fingerprint density at radius 3 is 2.21 bits per heavy atom. The minimum atomic E-state index is -3.33. The smallest absolute Gasteiger partial charge is 0.262 e. The van der Waals surface area contributed by atoms with E-state index in [0.717, 1.165) is 17.4 Å². The van der Waals surface area contributed by atoms with E-state index in [2.05, 4.69) is 5.32 Å². The molecule has 0 fully saturated rings. The van der Waals surface area contributed by atoms with Crippen LogP contribution in [-0.4, -0.2) is 34.2 Å². The molecule has 29 heavy (non-hydrogen) atoms. The molecule has 0 aliphatic rings. The van der Waals surface area contributed by atoms with Crippen molar-refractivity contribution >= 4 is 27.3 Å². The van der Waals surface area contributed by atoms with Crippen molar-refractivity contribution in [3.8, 4) is 16.9 Å². The lowest BCUT2D eigenvalue weighted by molar-refractivity contribution is -0.118. The summed E-state index contributed by atoms with van der Waals surface area (Å²) in [5, 5.41) is 2.88. The standard InChI is InChI=1S/C22H22N2O4S/c1-24(29(2,26)27)18-12-14-19(15-13-18)28-16-22(25)23-21-11-7-6-10-20(21)17-8-4-3-5-9-17/h3-15H,16H2,1-2H3,(H,23,25). The summed E-state index contributed by atoms with van der Waals surface area (Å²) in [6, 6.07) is 23.9. The topological polar surface area (TPSA) is 75.7 Å². The van der Waals surface area contributed by atoms with Crippen molar-refractivity contribution < 1.29 is 17.9 Å². The number of sulfonamides is 1. The molecule has 1 N–H and O–H groups in total. The van der Waals surface area contributed by atoms with E-state index in [0.29, 0.717) is 17.1 Å². The first-order valence-corrected chi connectivity index (χ1v) is 10.8. The van der Waals surface area contributed by atoms with Gasteiger partial charge in [0.2, 0.25) is 10.0 Å². The van der Waals surface area contributed by atoms with Crippen LogP contribution < -0.4 is 14.4 Å². The van der Waals surface area contributed by atoms with Crippen LogP contribution >= 0.6 is 0 Å². The van der Waals surface area contributed by atoms with E-state index in [9.17, 15) is 13.2 Å². The van der Waals surface area contributed by atoms with Gasteiger partial charge in [-0.1, -0.05) is 48.5 Å². The summed E-state index contributed by atoms with van der Waals surface area (Å²) in [6.07, 6.45) is 1.13. The van der Waals surface area contributed by atoms with Crippen molar-refractivity contribution in [2.75, 3.05) is 29.5 Å². The Labute approximate surface area is 170 Å². The van der Waals surface area contributed by atoms with Crippen LogP contribution in [0.2, 0.25) is 0 Å². The summed E-state index contributed by atoms with van der Waals surface area (Å²) in [5.41, 5.74) is 3.16. The van der Waals surface area contributed by atoms with Crippen molar-refractivity contribution in [1.29, 1.82) is 0 Å². The summed E-state index contributed by atoms with van der Waals surface area (Å²) in [7, 11) is -1.85. The Balaban J connectivity index is 1.63. The molecule has 0 aliphatic carbocycles. The van der Waals surface area contributed by atoms with Crippen LogP contribution in [0.15, 0.2) is 78.9 Å². The lowest BCUT2D eigenvalue weighted by Crippen LogP contribution is -2.24. The van der Waals surface area contributed by atoms with Gasteiger partial charge in [0.05, 0.1) is 11.9 Å². The number of nitrogens with zero attached hydrogens (tertiary/aromatic N) is 1. The SMILES string of the molecule is CN(c1ccc(OCC(=O)Nc2ccccc2-c2ccccc2)cc1)S(C)(=O)=O. The van der Waals surface area contributed by atoms with Crippen molar-refractivity contribution in [2.45, 2.75) is 0 Å². The van der Waals surface area contributed by atoms with E-state index in [4.69, 9.17) is 4.74 Å². The molecule has 7 heteroatoms. The molecule has 0 atom stereocenters. The number of para-hydroxylation sites is 1. The minimum Gasteiger partial charge on any atom is -0.484 e. The zero-order valence-electron chi connectivity index (χ0n) is 16.2. The van der Waals surface area contributed by atoms with Crippen molar-refractivity contribution in [3.63, 3.8) is 0 Å². The number of carbonyl (C=O) groups excluding carboxylic acids is 1. The number of nitrogens with one attached hydrogen (secondary N) is 1. The lowest BCUT2D eigenvalue weighted by atomic mass is 10.0. The predicted molar refractivity (Wildman–Crippen MR) is 116 cm³/mol. The van der Waals surface area contributed by atoms with E-state index >= 15 is 0 Å². The number of hydrogen-bond acceptors (Lipinski definition) is 4. The van der Waals surface area contributed by atoms with Crippen LogP contribution in [0.25, 0.3) is 11.1 Å². The second-order valence-corrected chi connectivity index (χ2v) is 8.49. The highest BCUT2D eigenvalue weighted by Gasteiger charge is 2.12. The number of amides is 1. The second-order valence-electron chi connectivity index (χ2n) is 6.47. The van der Waals surface area contributed by atoms with Gasteiger partial charge in [0.1, 0.15) is 5.75 Å². The van der Waals surface area contributed by atoms with Gasteiger partial charge in [-0.25, -0.2) is 8.42 Å². The highest BCUT2D eigenvalue weighted by molar-refractivity contribution is 7.92. The van der Waals surface area contributed by atoms with Crippen LogP contribution in [0.4, 0.5) is 11.4 Å². The molecule has 0 aromatic heterocycles. The monoisotopic (exact) mass is 410 g/mol. The Morgan fingerprint density at radius 2 is 1.55 bits per heavy atom. The van der Waals surface area contributed by atoms with E-state index in [1.807, 2.05) is 54.6 Å². The number of benzene rings is 3. The van der Waals surface area contributed by atoms with Crippen LogP contribution in [-0.2, 0) is 14.8 Å². The summed E-state index contributed by atoms with van der Waals surface area (Å²) < 4.78 is 29.9. The van der Waals surface area contributed by atoms with Gasteiger partial charge in [0.15, 0.2) is 6.61 Å². The van der Waals surface area contributed by atoms with Crippen molar-refractivity contribution in [3.05, 3.63) is 78.9 Å². The molecule has 0 aliphatic heterocycles. The van der Waals surface area contributed by atoms with Crippen LogP contribution in [0, 0.1) is 0 Å². The third-order valence-electron chi connectivity index (χ3n) is 4.35. The molecule has 0 radical (unpaired) electrons. The molecule has 0 unspecified atom stereocenters. The Hall–Kier alpha value is -3.32. The molecule has 0 saturated carbocycles. The molecular formula is C22H22N2O4S. The maximum absolute atomic E-state index is 12.4. The average Bonchev–Trinajstić information content (AvgIpc) is 2.72. The van der Waals surface area contributed by atoms with Crippen LogP contribution in [0.3, 0.4) is 0 Å². The molecule has 0 spiro atoms. The molecule has 0 bridgehead atoms. The molecule has 3 aromatic carbocycles. The first-order chi connectivity index (χ1) is 13.8. The van der Waals surface area contributed by atoms with Gasteiger partial charge in [-0.2, -0.15) is 0 Å². The molecule has 150 valence electrons. The van der Waals surface area contributed by atoms with Gasteiger partial charge in [0.25, 0.3) is 5.91 Å². The molecule has 3 rings (SSSR count). The summed E-state index contributed by atoms with van der Waals surface area (Å²) in [5.74, 6) is 0.188. The second kappa shape index (κ2) is 8.79. The van der Waals surface area contributed by atoms with Gasteiger partial charge in [-0.05, 0) is 35.9 Å². The van der Waals surface area contributed by atoms with Crippen LogP contribution in [0.1, 0.15) is 0 Å². The van der Waals surface area contributed by atoms with Crippen LogP contribution in [0.5, 0.6) is 5.75 Å². The summed E-state index contributed by atoms with van der Waals surface area (Å²) in [6.45, 7) is -0.162. The number of anilines is 2. The van der Waals surface area contributed by atoms with Gasteiger partial charge in [0, 0.05) is 18.3 Å². The number of carbonyl (C=O) groups is 1. The lowest BCUT2D eigenvalue weighted by Gasteiger charge is -2.17. The molecular weight excluding hydrogens is 388 g/mol. The summed E-state index contributed by atoms with van der Waals surface area (Å²) >= 11 is 0. The highest BCUT2D eigenvalue weighted by Crippen LogP contribution is 2.27. The Kier molecular flexibility index (Phi) is 6.19. The minimum absolute atomic E-state index is 0.162. The number of hydrogen-bond donors (Lipinski definition) is 1. The van der Waals surface area contributed by atoms with Gasteiger partial charge < -0.3 is 10.1 Å². The molecule has 1 amide bonds. The highest BCUT2D eigenvalue weighted by atomic mass is 32.2. The quantitative estimate of drug-likeness (QED) is 0.643. The van der Waals surface area contributed by atoms with Crippen molar-refractivity contribution in [1.82, 2.24) is 0 Å². The maximum atomic E-state index is 12.4. The first kappa shape index (κ1) is 20.4. The fourth-order valence-corrected chi connectivity index (χ4v) is 3.25. The van der Waals surface area contributed by atoms with E-state index in [1.54, 1.807) is 24.3 Å². The maximum Gasteiger partial charge on any atom is 0.262 e. The zero-order chi connectivity index (χ0) is 20.9. The fourth-order valence-electron chi connectivity index (χ4n) is 2.74. The van der Waals surface area contributed by atoms with Gasteiger partial charge >= 0.3 is 0 Å². The van der Waals surface area contributed by atoms with Crippen molar-refractivity contribution in [2.24, 2.45) is 0 Å². The van der Waals surface area contributed by atoms with E-state index < -0.39 is 10.0 Å². The summed E-state index contributed by atoms with van der Waals surface area (Å²) in [4.78, 5) is 12.4. The zero-order valence-corrected chi connectivity index (χ0v) is 17.0. The van der Waals surface area contributed by atoms with Gasteiger partial charge in [-0.3, -0.25) is 9.10 Å². The Morgan fingerprint density at radius 1 is 0.931 bits per heavy atom. The average molecular weight is 410 g/mol. The predicted octanol–water partition coefficient (Wildman–Crippen LogP) is 3.77. The largest absolute Gasteiger partial charge is 0.484 e. The van der Waals surface area contributed by atoms with E-state index in [1.165, 1.54) is 11.4 Å². The van der Waals surface area contributed by atoms with Gasteiger partial charge in [-0.15, -0.1) is 0 Å². The third kappa shape index (κ3) is 5.36. The molecule has 0 heterocycles. The molecule has 6 nitrogen and oxygen atoms in total. The number of rotatable bonds is 7. The molecule has 0 saturated heterocycles. The Bertz CT molecular complexity index is 1080. The normalized spacial score (nSPS) is 11.0. The van der Waals surface area contributed by atoms with E-state index in [-0.39, 0.29) is 12.5 Å².